The second-order valence-corrected chi connectivity index (χ2v) is 20.4. The Kier molecular flexibility index (Phi) is 14.8. The molecule has 3 amide bonds. The molecule has 14 heteroatoms. The van der Waals surface area contributed by atoms with Gasteiger partial charge in [-0.1, -0.05) is 55.7 Å². The number of carbonyl (C=O) groups excluding carboxylic acids is 3. The number of likely N-dealkylation sites (tertiary alicyclic amines) is 1. The number of aliphatic imine (C=N–C) groups is 1. The minimum atomic E-state index is -0.406. The van der Waals surface area contributed by atoms with Gasteiger partial charge in [-0.25, -0.2) is 4.79 Å². The zero-order chi connectivity index (χ0) is 48.9. The molecule has 6 atom stereocenters. The lowest BCUT2D eigenvalue weighted by atomic mass is 9.68. The summed E-state index contributed by atoms with van der Waals surface area (Å²) in [6.07, 6.45) is 19.0. The average molecular weight is 966 g/mol. The number of para-hydroxylation sites is 2. The Balaban J connectivity index is 0.632. The van der Waals surface area contributed by atoms with E-state index in [1.165, 1.54) is 30.5 Å². The third kappa shape index (κ3) is 10.6. The number of piperazine rings is 1. The van der Waals surface area contributed by atoms with E-state index in [9.17, 15) is 14.4 Å². The van der Waals surface area contributed by atoms with Crippen LogP contribution in [0.25, 0.3) is 0 Å². The van der Waals surface area contributed by atoms with Crippen molar-refractivity contribution in [3.63, 3.8) is 0 Å². The molecular formula is C57H71N7O7. The van der Waals surface area contributed by atoms with E-state index in [1.807, 2.05) is 110 Å². The molecule has 0 bridgehead atoms. The number of carbonyl (C=O) groups is 3. The standard InChI is InChI=1S/C57H71N7O7/c1-4-69-50-17-10-9-16-47(50)64-53(59-45-15-8-7-14-44(45)55(64)66)37-61-30-32-62(33-31-61)48(40-20-21-40)38-70-42-24-22-41(23-25-42)54(65)58-28-11-5-6-12-29-63-51-18-13-27-57(51)36-43(35-52(57)63)71-56(67)60-46-34-39(2)19-26-49(46)68-3/h7-10,14-17,19,22-26,34,43-44,51-53H,4-6,11-13,18,20-21,27-33,35-38H2,1-3H3,(H,58,65)(H,60,67). The van der Waals surface area contributed by atoms with Crippen LogP contribution in [-0.4, -0.2) is 129 Å². The molecule has 2 saturated heterocycles. The van der Waals surface area contributed by atoms with Crippen LogP contribution in [0.4, 0.5) is 16.2 Å². The van der Waals surface area contributed by atoms with Crippen LogP contribution in [-0.2, 0) is 9.53 Å². The highest BCUT2D eigenvalue weighted by molar-refractivity contribution is 6.18. The fraction of sp³-hybridized carbons (Fsp3) is 0.509. The van der Waals surface area contributed by atoms with Crippen LogP contribution in [0.15, 0.2) is 107 Å². The lowest BCUT2D eigenvalue weighted by Gasteiger charge is -2.58. The molecule has 5 fully saturated rings. The molecule has 71 heavy (non-hydrogen) atoms. The maximum absolute atomic E-state index is 14.1. The summed E-state index contributed by atoms with van der Waals surface area (Å²) in [7, 11) is 1.61. The molecule has 3 aliphatic heterocycles. The van der Waals surface area contributed by atoms with Gasteiger partial charge in [-0.2, -0.15) is 0 Å². The second kappa shape index (κ2) is 21.7. The number of benzene rings is 3. The van der Waals surface area contributed by atoms with Crippen molar-refractivity contribution in [2.45, 2.75) is 109 Å². The van der Waals surface area contributed by atoms with Gasteiger partial charge in [0.05, 0.1) is 42.4 Å². The van der Waals surface area contributed by atoms with E-state index >= 15 is 0 Å². The Bertz CT molecular complexity index is 2540. The van der Waals surface area contributed by atoms with Gasteiger partial charge in [0.25, 0.3) is 5.91 Å². The van der Waals surface area contributed by atoms with Crippen molar-refractivity contribution in [1.29, 1.82) is 0 Å². The molecular weight excluding hydrogens is 895 g/mol. The number of ether oxygens (including phenoxy) is 4. The van der Waals surface area contributed by atoms with Crippen LogP contribution >= 0.6 is 0 Å². The van der Waals surface area contributed by atoms with Crippen LogP contribution in [0.5, 0.6) is 17.2 Å². The number of fused-ring (bicyclic) bond motifs is 1. The van der Waals surface area contributed by atoms with E-state index in [4.69, 9.17) is 23.9 Å². The van der Waals surface area contributed by atoms with Crippen LogP contribution < -0.4 is 29.7 Å². The maximum atomic E-state index is 14.1. The maximum Gasteiger partial charge on any atom is 0.412 e. The number of amides is 3. The first-order valence-corrected chi connectivity index (χ1v) is 26.3. The summed E-state index contributed by atoms with van der Waals surface area (Å²) in [6.45, 7) is 10.7. The van der Waals surface area contributed by atoms with E-state index in [2.05, 4.69) is 25.3 Å². The summed E-state index contributed by atoms with van der Waals surface area (Å²) < 4.78 is 23.8. The number of allylic oxidation sites excluding steroid dienone is 4. The quantitative estimate of drug-likeness (QED) is 0.106. The summed E-state index contributed by atoms with van der Waals surface area (Å²) in [5, 5.41) is 6.04. The van der Waals surface area contributed by atoms with E-state index in [0.717, 1.165) is 107 Å². The Hall–Kier alpha value is -6.12. The molecule has 0 aromatic heterocycles. The van der Waals surface area contributed by atoms with Crippen molar-refractivity contribution >= 4 is 35.0 Å². The summed E-state index contributed by atoms with van der Waals surface area (Å²) in [5.41, 5.74) is 6.91. The largest absolute Gasteiger partial charge is 0.495 e. The van der Waals surface area contributed by atoms with E-state index in [1.54, 1.807) is 7.11 Å². The predicted octanol–water partition coefficient (Wildman–Crippen LogP) is 8.93. The summed E-state index contributed by atoms with van der Waals surface area (Å²) in [6, 6.07) is 22.1. The highest BCUT2D eigenvalue weighted by Gasteiger charge is 2.66. The summed E-state index contributed by atoms with van der Waals surface area (Å²) in [5.74, 6) is 1.64. The van der Waals surface area contributed by atoms with Gasteiger partial charge in [0, 0.05) is 68.8 Å². The van der Waals surface area contributed by atoms with Gasteiger partial charge in [0.2, 0.25) is 5.91 Å². The third-order valence-electron chi connectivity index (χ3n) is 15.9. The minimum absolute atomic E-state index is 0.0241. The highest BCUT2D eigenvalue weighted by Crippen LogP contribution is 2.63. The van der Waals surface area contributed by atoms with Gasteiger partial charge in [-0.05, 0) is 131 Å². The van der Waals surface area contributed by atoms with Gasteiger partial charge in [0.1, 0.15) is 36.1 Å². The third-order valence-corrected chi connectivity index (χ3v) is 15.9. The Labute approximate surface area is 419 Å². The molecule has 376 valence electrons. The zero-order valence-corrected chi connectivity index (χ0v) is 41.8. The van der Waals surface area contributed by atoms with E-state index in [-0.39, 0.29) is 24.1 Å². The van der Waals surface area contributed by atoms with Crippen molar-refractivity contribution in [1.82, 2.24) is 20.0 Å². The summed E-state index contributed by atoms with van der Waals surface area (Å²) >= 11 is 0. The van der Waals surface area contributed by atoms with Crippen molar-refractivity contribution < 1.29 is 33.3 Å². The lowest BCUT2D eigenvalue weighted by molar-refractivity contribution is -0.120. The Morgan fingerprint density at radius 3 is 2.52 bits per heavy atom. The number of nitrogens with zero attached hydrogens (tertiary/aromatic N) is 5. The van der Waals surface area contributed by atoms with Crippen molar-refractivity contribution in [2.24, 2.45) is 16.3 Å². The van der Waals surface area contributed by atoms with Crippen molar-refractivity contribution in [3.8, 4) is 17.2 Å². The van der Waals surface area contributed by atoms with Gasteiger partial charge < -0.3 is 29.2 Å². The molecule has 6 unspecified atom stereocenters. The number of anilines is 2. The van der Waals surface area contributed by atoms with Crippen LogP contribution in [0, 0.1) is 18.3 Å². The number of hydrogen-bond acceptors (Lipinski definition) is 11. The van der Waals surface area contributed by atoms with Gasteiger partial charge in [0.15, 0.2) is 0 Å². The first-order chi connectivity index (χ1) is 34.7. The molecule has 10 rings (SSSR count). The molecule has 3 saturated carbocycles. The van der Waals surface area contributed by atoms with Gasteiger partial charge in [-0.3, -0.25) is 34.6 Å². The Morgan fingerprint density at radius 2 is 1.72 bits per heavy atom. The van der Waals surface area contributed by atoms with Gasteiger partial charge in [-0.15, -0.1) is 0 Å². The summed E-state index contributed by atoms with van der Waals surface area (Å²) in [4.78, 5) is 54.7. The monoisotopic (exact) mass is 966 g/mol. The van der Waals surface area contributed by atoms with Gasteiger partial charge >= 0.3 is 6.09 Å². The zero-order valence-electron chi connectivity index (χ0n) is 41.8. The first kappa shape index (κ1) is 48.5. The molecule has 3 heterocycles. The molecule has 14 nitrogen and oxygen atoms in total. The fourth-order valence-corrected chi connectivity index (χ4v) is 12.4. The molecule has 2 N–H and O–H groups in total. The number of hydrogen-bond donors (Lipinski definition) is 2. The molecule has 3 aromatic rings. The van der Waals surface area contributed by atoms with Crippen LogP contribution in [0.2, 0.25) is 0 Å². The number of rotatable bonds is 20. The molecule has 3 aromatic carbocycles. The highest BCUT2D eigenvalue weighted by atomic mass is 16.6. The van der Waals surface area contributed by atoms with Crippen LogP contribution in [0.3, 0.4) is 0 Å². The second-order valence-electron chi connectivity index (χ2n) is 20.4. The van der Waals surface area contributed by atoms with Crippen molar-refractivity contribution in [3.05, 3.63) is 113 Å². The SMILES string of the molecule is CCOc1ccccc1N1C(=O)C2C=CC=CC2=NC1CN1CCN(C(COc2ccc(C(=O)NCCCCCCN3C4CCCC45CC(OC(=O)Nc4cc(C)ccc4OC)CC35)cc2)=C2CC2)CC1. The normalized spacial score (nSPS) is 25.4. The first-order valence-electron chi connectivity index (χ1n) is 26.3. The fourth-order valence-electron chi connectivity index (χ4n) is 12.4. The number of aryl methyl sites for hydroxylation is 1. The molecule has 7 aliphatic rings. The number of nitrogens with one attached hydrogen (secondary N) is 2. The number of methoxy groups -OCH3 is 1. The predicted molar refractivity (Wildman–Crippen MR) is 277 cm³/mol. The van der Waals surface area contributed by atoms with Crippen molar-refractivity contribution in [2.75, 3.05) is 76.4 Å². The average Bonchev–Trinajstić information content (AvgIpc) is 4.09. The smallest absolute Gasteiger partial charge is 0.412 e. The number of unbranched alkanes of at least 4 members (excludes halogenated alkanes) is 3. The van der Waals surface area contributed by atoms with E-state index < -0.39 is 12.0 Å². The molecule has 4 aliphatic carbocycles. The molecule has 0 radical (unpaired) electrons. The van der Waals surface area contributed by atoms with E-state index in [0.29, 0.717) is 66.6 Å². The van der Waals surface area contributed by atoms with Crippen LogP contribution in [0.1, 0.15) is 93.5 Å². The topological polar surface area (TPSA) is 138 Å². The minimum Gasteiger partial charge on any atom is -0.495 e. The molecule has 1 spiro atoms. The lowest BCUT2D eigenvalue weighted by Crippen LogP contribution is -2.66. The Morgan fingerprint density at radius 1 is 0.901 bits per heavy atom.